The van der Waals surface area contributed by atoms with Gasteiger partial charge >= 0.3 is 0 Å². The Kier molecular flexibility index (Phi) is 5.65. The molecule has 1 aliphatic rings. The van der Waals surface area contributed by atoms with Crippen molar-refractivity contribution in [3.8, 4) is 0 Å². The zero-order valence-electron chi connectivity index (χ0n) is 15.6. The molecule has 1 N–H and O–H groups in total. The van der Waals surface area contributed by atoms with Crippen LogP contribution in [0.15, 0.2) is 48.5 Å². The molecule has 0 aliphatic carbocycles. The molecule has 3 rings (SSSR count). The van der Waals surface area contributed by atoms with Crippen LogP contribution in [-0.2, 0) is 21.2 Å². The van der Waals surface area contributed by atoms with Gasteiger partial charge in [0.1, 0.15) is 0 Å². The smallest absolute Gasteiger partial charge is 0.248 e. The van der Waals surface area contributed by atoms with E-state index in [0.717, 1.165) is 28.8 Å². The third kappa shape index (κ3) is 4.39. The summed E-state index contributed by atoms with van der Waals surface area (Å²) < 4.78 is 25.4. The first kappa shape index (κ1) is 19.2. The number of hydrogen-bond acceptors (Lipinski definition) is 3. The summed E-state index contributed by atoms with van der Waals surface area (Å²) in [6.07, 6.45) is 4.72. The number of nitrogens with one attached hydrogen (secondary N) is 1. The summed E-state index contributed by atoms with van der Waals surface area (Å²) in [4.78, 5) is 12.3. The molecule has 27 heavy (non-hydrogen) atoms. The fourth-order valence-electron chi connectivity index (χ4n) is 3.22. The third-order valence-electron chi connectivity index (χ3n) is 4.70. The molecule has 6 heteroatoms. The Morgan fingerprint density at radius 2 is 1.93 bits per heavy atom. The predicted octanol–water partition coefficient (Wildman–Crippen LogP) is 3.75. The summed E-state index contributed by atoms with van der Waals surface area (Å²) in [7, 11) is -3.17. The molecule has 0 aromatic heterocycles. The van der Waals surface area contributed by atoms with Gasteiger partial charge in [0.05, 0.1) is 11.4 Å². The number of carbonyl (C=O) groups is 1. The van der Waals surface area contributed by atoms with E-state index < -0.39 is 10.0 Å². The summed E-state index contributed by atoms with van der Waals surface area (Å²) in [5.74, 6) is 0.0122. The molecule has 5 nitrogen and oxygen atoms in total. The zero-order chi connectivity index (χ0) is 19.4. The molecular formula is C21H24N2O3S. The van der Waals surface area contributed by atoms with Crippen LogP contribution in [0.25, 0.3) is 6.08 Å². The average Bonchev–Trinajstić information content (AvgIpc) is 3.01. The third-order valence-corrected chi connectivity index (χ3v) is 6.57. The Hall–Kier alpha value is -2.60. The molecule has 0 spiro atoms. The topological polar surface area (TPSA) is 66.5 Å². The van der Waals surface area contributed by atoms with Crippen molar-refractivity contribution in [1.82, 2.24) is 0 Å². The summed E-state index contributed by atoms with van der Waals surface area (Å²) in [6.45, 7) is 4.56. The van der Waals surface area contributed by atoms with E-state index in [1.165, 1.54) is 10.4 Å². The molecule has 2 aromatic carbocycles. The van der Waals surface area contributed by atoms with Gasteiger partial charge in [-0.1, -0.05) is 37.3 Å². The van der Waals surface area contributed by atoms with Gasteiger partial charge in [-0.15, -0.1) is 0 Å². The van der Waals surface area contributed by atoms with Gasteiger partial charge in [0.2, 0.25) is 15.9 Å². The first-order valence-electron chi connectivity index (χ1n) is 9.09. The molecule has 0 unspecified atom stereocenters. The number of aryl methyl sites for hydroxylation is 2. The summed E-state index contributed by atoms with van der Waals surface area (Å²) in [5.41, 5.74) is 4.51. The number of amides is 1. The molecule has 1 saturated heterocycles. The molecule has 0 radical (unpaired) electrons. The quantitative estimate of drug-likeness (QED) is 0.799. The second-order valence-corrected chi connectivity index (χ2v) is 8.63. The molecule has 0 bridgehead atoms. The maximum atomic E-state index is 12.3. The number of carbonyl (C=O) groups excluding carboxylic acids is 1. The lowest BCUT2D eigenvalue weighted by Crippen LogP contribution is -2.24. The predicted molar refractivity (Wildman–Crippen MR) is 110 cm³/mol. The molecule has 1 amide bonds. The van der Waals surface area contributed by atoms with Crippen LogP contribution >= 0.6 is 0 Å². The minimum Gasteiger partial charge on any atom is -0.322 e. The van der Waals surface area contributed by atoms with Gasteiger partial charge in [0.25, 0.3) is 0 Å². The molecule has 142 valence electrons. The lowest BCUT2D eigenvalue weighted by Gasteiger charge is -2.16. The van der Waals surface area contributed by atoms with Crippen molar-refractivity contribution in [3.63, 3.8) is 0 Å². The second kappa shape index (κ2) is 7.96. The van der Waals surface area contributed by atoms with Crippen molar-refractivity contribution in [2.45, 2.75) is 26.7 Å². The number of nitrogens with zero attached hydrogens (tertiary/aromatic N) is 1. The van der Waals surface area contributed by atoms with Crippen molar-refractivity contribution >= 4 is 33.4 Å². The molecule has 1 fully saturated rings. The van der Waals surface area contributed by atoms with Crippen molar-refractivity contribution < 1.29 is 13.2 Å². The zero-order valence-corrected chi connectivity index (χ0v) is 16.4. The van der Waals surface area contributed by atoms with E-state index in [1.54, 1.807) is 18.2 Å². The Labute approximate surface area is 160 Å². The molecule has 2 aromatic rings. The number of benzene rings is 2. The van der Waals surface area contributed by atoms with Gasteiger partial charge in [-0.25, -0.2) is 8.42 Å². The fourth-order valence-corrected chi connectivity index (χ4v) is 4.78. The standard InChI is InChI=1S/C21H24N2O3S/c1-3-18-7-4-6-16(2)21(18)22-20(24)13-10-17-8-11-19(12-9-17)23-14-5-15-27(23,25)26/h4,6-13H,3,5,14-15H2,1-2H3,(H,22,24). The molecular weight excluding hydrogens is 360 g/mol. The van der Waals surface area contributed by atoms with Gasteiger partial charge in [-0.05, 0) is 54.7 Å². The van der Waals surface area contributed by atoms with Gasteiger partial charge in [-0.3, -0.25) is 9.10 Å². The first-order chi connectivity index (χ1) is 12.9. The van der Waals surface area contributed by atoms with Gasteiger partial charge in [-0.2, -0.15) is 0 Å². The van der Waals surface area contributed by atoms with E-state index in [-0.39, 0.29) is 11.7 Å². The highest BCUT2D eigenvalue weighted by Gasteiger charge is 2.28. The lowest BCUT2D eigenvalue weighted by atomic mass is 10.1. The van der Waals surface area contributed by atoms with E-state index in [4.69, 9.17) is 0 Å². The number of para-hydroxylation sites is 1. The molecule has 1 aliphatic heterocycles. The molecule has 0 saturated carbocycles. The van der Waals surface area contributed by atoms with Crippen molar-refractivity contribution in [2.24, 2.45) is 0 Å². The van der Waals surface area contributed by atoms with Crippen LogP contribution < -0.4 is 9.62 Å². The highest BCUT2D eigenvalue weighted by atomic mass is 32.2. The van der Waals surface area contributed by atoms with E-state index in [1.807, 2.05) is 37.3 Å². The van der Waals surface area contributed by atoms with Crippen molar-refractivity contribution in [2.75, 3.05) is 21.9 Å². The lowest BCUT2D eigenvalue weighted by molar-refractivity contribution is -0.111. The molecule has 1 heterocycles. The van der Waals surface area contributed by atoms with Gasteiger partial charge in [0, 0.05) is 18.3 Å². The van der Waals surface area contributed by atoms with Crippen molar-refractivity contribution in [1.29, 1.82) is 0 Å². The SMILES string of the molecule is CCc1cccc(C)c1NC(=O)C=Cc1ccc(N2CCCS2(=O)=O)cc1. The summed E-state index contributed by atoms with van der Waals surface area (Å²) in [5, 5.41) is 2.95. The Morgan fingerprint density at radius 3 is 2.56 bits per heavy atom. The first-order valence-corrected chi connectivity index (χ1v) is 10.7. The van der Waals surface area contributed by atoms with E-state index in [2.05, 4.69) is 12.2 Å². The number of hydrogen-bond donors (Lipinski definition) is 1. The van der Waals surface area contributed by atoms with Gasteiger partial charge < -0.3 is 5.32 Å². The maximum Gasteiger partial charge on any atom is 0.248 e. The van der Waals surface area contributed by atoms with Crippen LogP contribution in [0.5, 0.6) is 0 Å². The second-order valence-electron chi connectivity index (χ2n) is 6.62. The van der Waals surface area contributed by atoms with Gasteiger partial charge in [0.15, 0.2) is 0 Å². The van der Waals surface area contributed by atoms with Crippen LogP contribution in [0.2, 0.25) is 0 Å². The summed E-state index contributed by atoms with van der Waals surface area (Å²) >= 11 is 0. The minimum absolute atomic E-state index is 0.190. The fraction of sp³-hybridized carbons (Fsp3) is 0.286. The van der Waals surface area contributed by atoms with Crippen LogP contribution in [-0.4, -0.2) is 26.6 Å². The van der Waals surface area contributed by atoms with Crippen LogP contribution in [0.4, 0.5) is 11.4 Å². The summed E-state index contributed by atoms with van der Waals surface area (Å²) in [6, 6.07) is 13.2. The van der Waals surface area contributed by atoms with E-state index in [9.17, 15) is 13.2 Å². The van der Waals surface area contributed by atoms with E-state index in [0.29, 0.717) is 18.7 Å². The average molecular weight is 385 g/mol. The maximum absolute atomic E-state index is 12.3. The monoisotopic (exact) mass is 384 g/mol. The Morgan fingerprint density at radius 1 is 1.19 bits per heavy atom. The van der Waals surface area contributed by atoms with Crippen LogP contribution in [0, 0.1) is 6.92 Å². The molecule has 0 atom stereocenters. The van der Waals surface area contributed by atoms with E-state index >= 15 is 0 Å². The number of sulfonamides is 1. The Bertz CT molecular complexity index is 963. The van der Waals surface area contributed by atoms with Crippen molar-refractivity contribution in [3.05, 3.63) is 65.2 Å². The Balaban J connectivity index is 1.69. The van der Waals surface area contributed by atoms with Crippen LogP contribution in [0.3, 0.4) is 0 Å². The largest absolute Gasteiger partial charge is 0.322 e. The highest BCUT2D eigenvalue weighted by molar-refractivity contribution is 7.93. The number of anilines is 2. The highest BCUT2D eigenvalue weighted by Crippen LogP contribution is 2.24. The normalized spacial score (nSPS) is 16.0. The minimum atomic E-state index is -3.17. The number of rotatable bonds is 5. The van der Waals surface area contributed by atoms with Crippen LogP contribution in [0.1, 0.15) is 30.0 Å².